The molecule has 2 heterocycles. The van der Waals surface area contributed by atoms with Crippen LogP contribution in [0, 0.1) is 6.92 Å². The van der Waals surface area contributed by atoms with E-state index in [9.17, 15) is 14.0 Å². The van der Waals surface area contributed by atoms with Crippen LogP contribution in [0.1, 0.15) is 12.0 Å². The number of carbonyl (C=O) groups is 2. The minimum atomic E-state index is -1.34. The molecule has 2 unspecified atom stereocenters. The van der Waals surface area contributed by atoms with Gasteiger partial charge >= 0.3 is 6.09 Å². The Morgan fingerprint density at radius 2 is 2.25 bits per heavy atom. The van der Waals surface area contributed by atoms with E-state index in [0.29, 0.717) is 5.56 Å². The summed E-state index contributed by atoms with van der Waals surface area (Å²) in [6.07, 6.45) is -2.81. The van der Waals surface area contributed by atoms with Crippen LogP contribution in [-0.2, 0) is 4.79 Å². The molecule has 2 N–H and O–H groups in total. The van der Waals surface area contributed by atoms with Gasteiger partial charge in [-0.25, -0.2) is 14.2 Å². The third-order valence-corrected chi connectivity index (χ3v) is 3.31. The van der Waals surface area contributed by atoms with Crippen LogP contribution < -0.4 is 5.32 Å². The Morgan fingerprint density at radius 3 is 2.90 bits per heavy atom. The van der Waals surface area contributed by atoms with Crippen LogP contribution in [0.5, 0.6) is 0 Å². The number of likely N-dealkylation sites (tertiary alicyclic amines) is 1. The van der Waals surface area contributed by atoms with Gasteiger partial charge in [-0.1, -0.05) is 17.7 Å². The molecule has 1 aliphatic heterocycles. The van der Waals surface area contributed by atoms with Crippen molar-refractivity contribution in [3.8, 4) is 0 Å². The van der Waals surface area contributed by atoms with Gasteiger partial charge in [0.2, 0.25) is 5.91 Å². The summed E-state index contributed by atoms with van der Waals surface area (Å²) in [4.78, 5) is 27.8. The summed E-state index contributed by atoms with van der Waals surface area (Å²) in [6, 6.07) is 2.19. The molecule has 6 nitrogen and oxygen atoms in total. The number of halogens is 2. The van der Waals surface area contributed by atoms with Crippen molar-refractivity contribution in [2.45, 2.75) is 25.6 Å². The lowest BCUT2D eigenvalue weighted by Crippen LogP contribution is -2.42. The van der Waals surface area contributed by atoms with Crippen LogP contribution >= 0.6 is 11.6 Å². The SMILES string of the molecule is Cc1ccc(Cl)nc1NC(=O)C1CC(F)CN1C(=O)O. The number of carboxylic acid groups (broad SMARTS) is 1. The number of anilines is 1. The second kappa shape index (κ2) is 5.62. The average molecular weight is 302 g/mol. The van der Waals surface area contributed by atoms with Crippen molar-refractivity contribution in [2.75, 3.05) is 11.9 Å². The number of hydrogen-bond donors (Lipinski definition) is 2. The largest absolute Gasteiger partial charge is 0.465 e. The van der Waals surface area contributed by atoms with Crippen molar-refractivity contribution in [1.29, 1.82) is 0 Å². The second-order valence-electron chi connectivity index (χ2n) is 4.57. The van der Waals surface area contributed by atoms with Gasteiger partial charge in [0.25, 0.3) is 0 Å². The molecule has 0 aliphatic carbocycles. The zero-order valence-electron chi connectivity index (χ0n) is 10.6. The lowest BCUT2D eigenvalue weighted by molar-refractivity contribution is -0.120. The molecule has 2 atom stereocenters. The first kappa shape index (κ1) is 14.5. The highest BCUT2D eigenvalue weighted by Crippen LogP contribution is 2.23. The number of aromatic nitrogens is 1. The number of nitrogens with zero attached hydrogens (tertiary/aromatic N) is 2. The molecule has 2 amide bonds. The Morgan fingerprint density at radius 1 is 1.55 bits per heavy atom. The Balaban J connectivity index is 2.15. The fourth-order valence-electron chi connectivity index (χ4n) is 2.08. The molecule has 0 saturated carbocycles. The molecular weight excluding hydrogens is 289 g/mol. The standard InChI is InChI=1S/C12H13ClFN3O3/c1-6-2-3-9(13)15-10(6)16-11(18)8-4-7(14)5-17(8)12(19)20/h2-3,7-8H,4-5H2,1H3,(H,19,20)(H,15,16,18). The molecule has 8 heteroatoms. The monoisotopic (exact) mass is 301 g/mol. The number of aryl methyl sites for hydroxylation is 1. The molecule has 0 spiro atoms. The lowest BCUT2D eigenvalue weighted by atomic mass is 10.2. The van der Waals surface area contributed by atoms with Gasteiger partial charge in [-0.15, -0.1) is 0 Å². The Hall–Kier alpha value is -1.89. The van der Waals surface area contributed by atoms with E-state index < -0.39 is 24.2 Å². The maximum Gasteiger partial charge on any atom is 0.408 e. The average Bonchev–Trinajstić information content (AvgIpc) is 2.76. The van der Waals surface area contributed by atoms with Crippen molar-refractivity contribution in [2.24, 2.45) is 0 Å². The van der Waals surface area contributed by atoms with Gasteiger partial charge < -0.3 is 10.4 Å². The summed E-state index contributed by atoms with van der Waals surface area (Å²) in [5.74, 6) is -0.361. The predicted octanol–water partition coefficient (Wildman–Crippen LogP) is 2.07. The predicted molar refractivity (Wildman–Crippen MR) is 70.6 cm³/mol. The number of rotatable bonds is 2. The molecule has 1 fully saturated rings. The van der Waals surface area contributed by atoms with Crippen molar-refractivity contribution in [3.05, 3.63) is 22.8 Å². The molecule has 0 aromatic carbocycles. The van der Waals surface area contributed by atoms with E-state index in [0.717, 1.165) is 4.90 Å². The Bertz CT molecular complexity index is 555. The van der Waals surface area contributed by atoms with E-state index in [1.54, 1.807) is 19.1 Å². The normalized spacial score (nSPS) is 21.9. The van der Waals surface area contributed by atoms with Gasteiger partial charge in [0.15, 0.2) is 0 Å². The number of carbonyl (C=O) groups excluding carboxylic acids is 1. The van der Waals surface area contributed by atoms with E-state index in [4.69, 9.17) is 16.7 Å². The topological polar surface area (TPSA) is 82.5 Å². The fraction of sp³-hybridized carbons (Fsp3) is 0.417. The van der Waals surface area contributed by atoms with E-state index in [-0.39, 0.29) is 23.9 Å². The molecule has 1 aromatic heterocycles. The Labute approximate surface area is 119 Å². The number of amides is 2. The number of alkyl halides is 1. The minimum Gasteiger partial charge on any atom is -0.465 e. The summed E-state index contributed by atoms with van der Waals surface area (Å²) in [5, 5.41) is 11.7. The van der Waals surface area contributed by atoms with Crippen molar-refractivity contribution < 1.29 is 19.1 Å². The van der Waals surface area contributed by atoms with Crippen LogP contribution in [0.15, 0.2) is 12.1 Å². The fourth-order valence-corrected chi connectivity index (χ4v) is 2.22. The second-order valence-corrected chi connectivity index (χ2v) is 4.96. The van der Waals surface area contributed by atoms with Crippen molar-refractivity contribution in [1.82, 2.24) is 9.88 Å². The van der Waals surface area contributed by atoms with E-state index in [1.165, 1.54) is 0 Å². The van der Waals surface area contributed by atoms with Crippen LogP contribution in [0.4, 0.5) is 15.0 Å². The summed E-state index contributed by atoms with van der Waals surface area (Å²) >= 11 is 5.74. The molecule has 1 aromatic rings. The molecule has 0 bridgehead atoms. The molecule has 0 radical (unpaired) electrons. The van der Waals surface area contributed by atoms with E-state index in [1.807, 2.05) is 0 Å². The molecule has 1 saturated heterocycles. The summed E-state index contributed by atoms with van der Waals surface area (Å²) < 4.78 is 13.3. The highest BCUT2D eigenvalue weighted by molar-refractivity contribution is 6.29. The van der Waals surface area contributed by atoms with Gasteiger partial charge in [0.05, 0.1) is 6.54 Å². The van der Waals surface area contributed by atoms with Crippen molar-refractivity contribution >= 4 is 29.4 Å². The van der Waals surface area contributed by atoms with Gasteiger partial charge in [-0.2, -0.15) is 0 Å². The number of nitrogens with one attached hydrogen (secondary N) is 1. The quantitative estimate of drug-likeness (QED) is 0.819. The molecular formula is C12H13ClFN3O3. The maximum absolute atomic E-state index is 13.3. The van der Waals surface area contributed by atoms with Gasteiger partial charge in [-0.05, 0) is 18.6 Å². The number of hydrogen-bond acceptors (Lipinski definition) is 3. The van der Waals surface area contributed by atoms with Crippen LogP contribution in [0.25, 0.3) is 0 Å². The molecule has 20 heavy (non-hydrogen) atoms. The summed E-state index contributed by atoms with van der Waals surface area (Å²) in [5.41, 5.74) is 0.680. The minimum absolute atomic E-state index is 0.155. The highest BCUT2D eigenvalue weighted by atomic mass is 35.5. The van der Waals surface area contributed by atoms with E-state index in [2.05, 4.69) is 10.3 Å². The highest BCUT2D eigenvalue weighted by Gasteiger charge is 2.40. The van der Waals surface area contributed by atoms with E-state index >= 15 is 0 Å². The zero-order chi connectivity index (χ0) is 14.9. The van der Waals surface area contributed by atoms with Gasteiger partial charge in [0, 0.05) is 6.42 Å². The lowest BCUT2D eigenvalue weighted by Gasteiger charge is -2.20. The third-order valence-electron chi connectivity index (χ3n) is 3.10. The first-order valence-corrected chi connectivity index (χ1v) is 6.34. The van der Waals surface area contributed by atoms with Crippen molar-refractivity contribution in [3.63, 3.8) is 0 Å². The first-order valence-electron chi connectivity index (χ1n) is 5.96. The summed E-state index contributed by atoms with van der Waals surface area (Å²) in [7, 11) is 0. The van der Waals surface area contributed by atoms with Gasteiger partial charge in [0.1, 0.15) is 23.2 Å². The smallest absolute Gasteiger partial charge is 0.408 e. The Kier molecular flexibility index (Phi) is 4.08. The maximum atomic E-state index is 13.3. The van der Waals surface area contributed by atoms with Crippen LogP contribution in [0.3, 0.4) is 0 Å². The molecule has 1 aliphatic rings. The van der Waals surface area contributed by atoms with Crippen LogP contribution in [0.2, 0.25) is 5.15 Å². The number of pyridine rings is 1. The summed E-state index contributed by atoms with van der Waals surface area (Å²) in [6.45, 7) is 1.43. The van der Waals surface area contributed by atoms with Gasteiger partial charge in [-0.3, -0.25) is 9.69 Å². The first-order chi connectivity index (χ1) is 9.38. The third kappa shape index (κ3) is 2.98. The molecule has 108 valence electrons. The van der Waals surface area contributed by atoms with Crippen LogP contribution in [-0.4, -0.2) is 45.7 Å². The zero-order valence-corrected chi connectivity index (χ0v) is 11.4. The molecule has 2 rings (SSSR count).